The molecule has 148 valence electrons. The first-order valence-corrected chi connectivity index (χ1v) is 9.59. The minimum Gasteiger partial charge on any atom is -0.496 e. The topological polar surface area (TPSA) is 50.8 Å². The first-order chi connectivity index (χ1) is 13.5. The van der Waals surface area contributed by atoms with E-state index < -0.39 is 0 Å². The van der Waals surface area contributed by atoms with Crippen LogP contribution in [-0.4, -0.2) is 38.8 Å². The highest BCUT2D eigenvalue weighted by Crippen LogP contribution is 2.30. The van der Waals surface area contributed by atoms with Crippen LogP contribution in [0.1, 0.15) is 30.5 Å². The van der Waals surface area contributed by atoms with Gasteiger partial charge >= 0.3 is 0 Å². The number of methoxy groups -OCH3 is 1. The normalized spacial score (nSPS) is 20.0. The standard InChI is InChI=1S/C23H28N2O3/c1-16-11-20(25-13-17(2)24-18(3)14-25)10-9-19(16)12-23(28-15-26)21-7-5-6-8-22(21)27-4/h5-12,15,17-18,24H,13-14H2,1-4H3/b23-12-. The number of hydrogen-bond acceptors (Lipinski definition) is 5. The van der Waals surface area contributed by atoms with Crippen LogP contribution in [0.25, 0.3) is 11.8 Å². The van der Waals surface area contributed by atoms with Crippen LogP contribution < -0.4 is 15.0 Å². The van der Waals surface area contributed by atoms with Crippen LogP contribution in [0.4, 0.5) is 5.69 Å². The first-order valence-electron chi connectivity index (χ1n) is 9.59. The number of para-hydroxylation sites is 1. The predicted molar refractivity (Wildman–Crippen MR) is 113 cm³/mol. The highest BCUT2D eigenvalue weighted by molar-refractivity contribution is 5.83. The van der Waals surface area contributed by atoms with Gasteiger partial charge in [0.15, 0.2) is 0 Å². The van der Waals surface area contributed by atoms with E-state index in [1.165, 1.54) is 5.69 Å². The quantitative estimate of drug-likeness (QED) is 0.468. The third-order valence-electron chi connectivity index (χ3n) is 5.01. The van der Waals surface area contributed by atoms with Crippen molar-refractivity contribution in [3.05, 3.63) is 59.2 Å². The molecule has 0 amide bonds. The summed E-state index contributed by atoms with van der Waals surface area (Å²) in [5.41, 5.74) is 4.08. The van der Waals surface area contributed by atoms with Gasteiger partial charge in [0.1, 0.15) is 11.5 Å². The van der Waals surface area contributed by atoms with Crippen molar-refractivity contribution in [1.29, 1.82) is 0 Å². The summed E-state index contributed by atoms with van der Waals surface area (Å²) >= 11 is 0. The molecule has 0 aliphatic carbocycles. The Morgan fingerprint density at radius 2 is 1.86 bits per heavy atom. The van der Waals surface area contributed by atoms with E-state index in [1.54, 1.807) is 7.11 Å². The second-order valence-electron chi connectivity index (χ2n) is 7.34. The number of anilines is 1. The second kappa shape index (κ2) is 8.93. The van der Waals surface area contributed by atoms with E-state index >= 15 is 0 Å². The van der Waals surface area contributed by atoms with Gasteiger partial charge in [0.2, 0.25) is 0 Å². The minimum atomic E-state index is 0.450. The van der Waals surface area contributed by atoms with Gasteiger partial charge in [-0.25, -0.2) is 0 Å². The molecule has 5 nitrogen and oxygen atoms in total. The number of piperazine rings is 1. The van der Waals surface area contributed by atoms with Crippen LogP contribution in [0.3, 0.4) is 0 Å². The average Bonchev–Trinajstić information content (AvgIpc) is 2.68. The number of hydrogen-bond donors (Lipinski definition) is 1. The van der Waals surface area contributed by atoms with Gasteiger partial charge in [-0.2, -0.15) is 0 Å². The average molecular weight is 380 g/mol. The van der Waals surface area contributed by atoms with E-state index in [4.69, 9.17) is 9.47 Å². The van der Waals surface area contributed by atoms with Gasteiger partial charge in [-0.3, -0.25) is 4.79 Å². The van der Waals surface area contributed by atoms with Crippen molar-refractivity contribution in [1.82, 2.24) is 5.32 Å². The van der Waals surface area contributed by atoms with Crippen molar-refractivity contribution in [2.75, 3.05) is 25.1 Å². The fraction of sp³-hybridized carbons (Fsp3) is 0.348. The number of nitrogens with one attached hydrogen (secondary N) is 1. The fourth-order valence-corrected chi connectivity index (χ4v) is 3.77. The summed E-state index contributed by atoms with van der Waals surface area (Å²) in [6, 6.07) is 14.8. The summed E-state index contributed by atoms with van der Waals surface area (Å²) in [7, 11) is 1.60. The zero-order chi connectivity index (χ0) is 20.1. The molecule has 3 rings (SSSR count). The number of rotatable bonds is 6. The van der Waals surface area contributed by atoms with Crippen molar-refractivity contribution < 1.29 is 14.3 Å². The maximum Gasteiger partial charge on any atom is 0.298 e. The lowest BCUT2D eigenvalue weighted by atomic mass is 10.0. The Morgan fingerprint density at radius 3 is 2.50 bits per heavy atom. The third kappa shape index (κ3) is 4.54. The van der Waals surface area contributed by atoms with Crippen molar-refractivity contribution in [2.24, 2.45) is 0 Å². The molecule has 0 saturated carbocycles. The van der Waals surface area contributed by atoms with E-state index in [-0.39, 0.29) is 0 Å². The van der Waals surface area contributed by atoms with Crippen LogP contribution in [0, 0.1) is 6.92 Å². The molecule has 1 N–H and O–H groups in total. The monoisotopic (exact) mass is 380 g/mol. The number of aryl methyl sites for hydroxylation is 1. The lowest BCUT2D eigenvalue weighted by Gasteiger charge is -2.37. The number of carbonyl (C=O) groups is 1. The summed E-state index contributed by atoms with van der Waals surface area (Å²) in [6.07, 6.45) is 1.88. The zero-order valence-corrected chi connectivity index (χ0v) is 16.9. The van der Waals surface area contributed by atoms with E-state index in [9.17, 15) is 4.79 Å². The van der Waals surface area contributed by atoms with Crippen molar-refractivity contribution >= 4 is 24.0 Å². The Balaban J connectivity index is 1.92. The highest BCUT2D eigenvalue weighted by atomic mass is 16.5. The van der Waals surface area contributed by atoms with E-state index in [0.29, 0.717) is 30.1 Å². The maximum atomic E-state index is 11.1. The summed E-state index contributed by atoms with van der Waals surface area (Å²) in [4.78, 5) is 13.5. The van der Waals surface area contributed by atoms with Crippen molar-refractivity contribution in [3.63, 3.8) is 0 Å². The predicted octanol–water partition coefficient (Wildman–Crippen LogP) is 3.86. The van der Waals surface area contributed by atoms with E-state index in [0.717, 1.165) is 29.8 Å². The molecule has 28 heavy (non-hydrogen) atoms. The molecule has 2 aromatic carbocycles. The largest absolute Gasteiger partial charge is 0.496 e. The molecule has 2 atom stereocenters. The molecular weight excluding hydrogens is 352 g/mol. The molecule has 2 unspecified atom stereocenters. The fourth-order valence-electron chi connectivity index (χ4n) is 3.77. The van der Waals surface area contributed by atoms with E-state index in [2.05, 4.69) is 49.2 Å². The molecule has 0 aromatic heterocycles. The molecule has 1 saturated heterocycles. The Kier molecular flexibility index (Phi) is 6.37. The molecule has 1 aliphatic heterocycles. The molecule has 1 heterocycles. The molecule has 5 heteroatoms. The third-order valence-corrected chi connectivity index (χ3v) is 5.01. The summed E-state index contributed by atoms with van der Waals surface area (Å²) in [5.74, 6) is 1.13. The first kappa shape index (κ1) is 20.0. The van der Waals surface area contributed by atoms with Crippen LogP contribution >= 0.6 is 0 Å². The van der Waals surface area contributed by atoms with Crippen molar-refractivity contribution in [2.45, 2.75) is 32.9 Å². The molecule has 1 aliphatic rings. The Labute approximate surface area is 167 Å². The molecular formula is C23H28N2O3. The Hall–Kier alpha value is -2.79. The summed E-state index contributed by atoms with van der Waals surface area (Å²) in [6.45, 7) is 8.92. The Bertz CT molecular complexity index is 853. The molecule has 0 bridgehead atoms. The Morgan fingerprint density at radius 1 is 1.14 bits per heavy atom. The van der Waals surface area contributed by atoms with Gasteiger partial charge in [-0.1, -0.05) is 18.2 Å². The van der Waals surface area contributed by atoms with Crippen molar-refractivity contribution in [3.8, 4) is 5.75 Å². The van der Waals surface area contributed by atoms with Crippen LogP contribution in [0.5, 0.6) is 5.75 Å². The van der Waals surface area contributed by atoms with Crippen LogP contribution in [0.15, 0.2) is 42.5 Å². The number of benzene rings is 2. The molecule has 2 aromatic rings. The number of ether oxygens (including phenoxy) is 2. The van der Waals surface area contributed by atoms with E-state index in [1.807, 2.05) is 30.3 Å². The molecule has 0 radical (unpaired) electrons. The zero-order valence-electron chi connectivity index (χ0n) is 16.9. The van der Waals surface area contributed by atoms with Gasteiger partial charge in [0.25, 0.3) is 6.47 Å². The lowest BCUT2D eigenvalue weighted by molar-refractivity contribution is -0.122. The lowest BCUT2D eigenvalue weighted by Crippen LogP contribution is -2.54. The van der Waals surface area contributed by atoms with Crippen LogP contribution in [-0.2, 0) is 9.53 Å². The van der Waals surface area contributed by atoms with Gasteiger partial charge in [-0.15, -0.1) is 0 Å². The maximum absolute atomic E-state index is 11.1. The molecule has 1 fully saturated rings. The van der Waals surface area contributed by atoms with Gasteiger partial charge in [0, 0.05) is 30.9 Å². The second-order valence-corrected chi connectivity index (χ2v) is 7.34. The van der Waals surface area contributed by atoms with Crippen LogP contribution in [0.2, 0.25) is 0 Å². The van der Waals surface area contributed by atoms with Gasteiger partial charge < -0.3 is 19.7 Å². The molecule has 0 spiro atoms. The summed E-state index contributed by atoms with van der Waals surface area (Å²) in [5, 5.41) is 3.56. The minimum absolute atomic E-state index is 0.450. The smallest absolute Gasteiger partial charge is 0.298 e. The number of carbonyl (C=O) groups excluding carboxylic acids is 1. The SMILES string of the molecule is COc1ccccc1/C(=C/c1ccc(N2CC(C)NC(C)C2)cc1C)OC=O. The summed E-state index contributed by atoms with van der Waals surface area (Å²) < 4.78 is 10.7. The highest BCUT2D eigenvalue weighted by Gasteiger charge is 2.21. The van der Waals surface area contributed by atoms with Gasteiger partial charge in [-0.05, 0) is 62.2 Å². The van der Waals surface area contributed by atoms with Gasteiger partial charge in [0.05, 0.1) is 12.7 Å². The number of nitrogens with zero attached hydrogens (tertiary/aromatic N) is 1.